The second kappa shape index (κ2) is 8.55. The van der Waals surface area contributed by atoms with Crippen LogP contribution in [0.4, 0.5) is 0 Å². The minimum absolute atomic E-state index is 0.000338. The Labute approximate surface area is 177 Å². The fourth-order valence-electron chi connectivity index (χ4n) is 3.63. The normalized spacial score (nSPS) is 12.4. The van der Waals surface area contributed by atoms with E-state index in [1.165, 1.54) is 11.8 Å². The van der Waals surface area contributed by atoms with Crippen LogP contribution < -0.4 is 10.9 Å². The highest BCUT2D eigenvalue weighted by Crippen LogP contribution is 2.34. The van der Waals surface area contributed by atoms with Crippen LogP contribution in [0.1, 0.15) is 34.4 Å². The van der Waals surface area contributed by atoms with Gasteiger partial charge in [0.1, 0.15) is 23.0 Å². The molecular formula is C22H25NO6S. The first-order valence-electron chi connectivity index (χ1n) is 9.62. The number of hydrogen-bond donors (Lipinski definition) is 2. The average Bonchev–Trinajstić information content (AvgIpc) is 2.97. The fourth-order valence-corrected chi connectivity index (χ4v) is 4.19. The predicted octanol–water partition coefficient (Wildman–Crippen LogP) is 3.64. The Kier molecular flexibility index (Phi) is 6.26. The molecule has 1 atom stereocenters. The molecule has 3 rings (SSSR count). The van der Waals surface area contributed by atoms with Crippen LogP contribution in [0.3, 0.4) is 0 Å². The summed E-state index contributed by atoms with van der Waals surface area (Å²) in [6.45, 7) is 7.58. The molecule has 1 amide bonds. The lowest BCUT2D eigenvalue weighted by Crippen LogP contribution is -2.42. The van der Waals surface area contributed by atoms with Crippen LogP contribution in [0, 0.1) is 27.7 Å². The van der Waals surface area contributed by atoms with E-state index in [1.54, 1.807) is 6.26 Å². The number of furan rings is 1. The number of carboxylic acid groups (broad SMARTS) is 1. The summed E-state index contributed by atoms with van der Waals surface area (Å²) in [6.07, 6.45) is 1.94. The lowest BCUT2D eigenvalue weighted by molar-refractivity contribution is -0.141. The highest BCUT2D eigenvalue weighted by molar-refractivity contribution is 7.98. The number of carbonyl (C=O) groups excluding carboxylic acids is 1. The Hall–Kier alpha value is -2.74. The summed E-state index contributed by atoms with van der Waals surface area (Å²) in [5.74, 6) is -0.400. The van der Waals surface area contributed by atoms with Crippen molar-refractivity contribution in [3.63, 3.8) is 0 Å². The highest BCUT2D eigenvalue weighted by atomic mass is 32.2. The van der Waals surface area contributed by atoms with Crippen molar-refractivity contribution in [1.82, 2.24) is 5.32 Å². The Balaban J connectivity index is 1.94. The summed E-state index contributed by atoms with van der Waals surface area (Å²) in [7, 11) is 0. The number of hydrogen-bond acceptors (Lipinski definition) is 6. The number of carboxylic acids is 1. The van der Waals surface area contributed by atoms with Gasteiger partial charge >= 0.3 is 11.6 Å². The van der Waals surface area contributed by atoms with Crippen LogP contribution in [0.15, 0.2) is 19.7 Å². The monoisotopic (exact) mass is 431 g/mol. The zero-order valence-corrected chi connectivity index (χ0v) is 18.5. The Morgan fingerprint density at radius 1 is 1.07 bits per heavy atom. The molecule has 0 aliphatic rings. The number of fused-ring (bicyclic) bond motifs is 2. The number of nitrogens with one attached hydrogen (secondary N) is 1. The molecule has 2 heterocycles. The Bertz CT molecular complexity index is 1210. The van der Waals surface area contributed by atoms with E-state index < -0.39 is 23.5 Å². The topological polar surface area (TPSA) is 110 Å². The van der Waals surface area contributed by atoms with Gasteiger partial charge in [0.2, 0.25) is 5.91 Å². The number of aliphatic carboxylic acids is 1. The Morgan fingerprint density at radius 2 is 1.70 bits per heavy atom. The third-order valence-corrected chi connectivity index (χ3v) is 6.18. The van der Waals surface area contributed by atoms with E-state index in [-0.39, 0.29) is 18.6 Å². The molecule has 160 valence electrons. The number of carbonyl (C=O) groups is 2. The molecule has 30 heavy (non-hydrogen) atoms. The number of aryl methyl sites for hydroxylation is 4. The quantitative estimate of drug-likeness (QED) is 0.550. The van der Waals surface area contributed by atoms with Crippen LogP contribution in [0.2, 0.25) is 0 Å². The first-order valence-corrected chi connectivity index (χ1v) is 11.0. The predicted molar refractivity (Wildman–Crippen MR) is 117 cm³/mol. The van der Waals surface area contributed by atoms with Gasteiger partial charge in [-0.15, -0.1) is 0 Å². The molecular weight excluding hydrogens is 406 g/mol. The molecule has 0 aliphatic heterocycles. The summed E-state index contributed by atoms with van der Waals surface area (Å²) in [5, 5.41) is 13.5. The van der Waals surface area contributed by atoms with Gasteiger partial charge in [0.05, 0.1) is 0 Å². The van der Waals surface area contributed by atoms with Crippen LogP contribution in [0.5, 0.6) is 0 Å². The molecule has 8 heteroatoms. The van der Waals surface area contributed by atoms with Crippen molar-refractivity contribution in [2.75, 3.05) is 12.0 Å². The molecule has 3 aromatic rings. The van der Waals surface area contributed by atoms with Crippen molar-refractivity contribution >= 4 is 45.6 Å². The number of amides is 1. The number of benzene rings is 1. The fraction of sp³-hybridized carbons (Fsp3) is 0.409. The van der Waals surface area contributed by atoms with Gasteiger partial charge in [-0.2, -0.15) is 11.8 Å². The van der Waals surface area contributed by atoms with Crippen molar-refractivity contribution in [2.45, 2.75) is 46.6 Å². The summed E-state index contributed by atoms with van der Waals surface area (Å²) >= 11 is 1.34. The molecule has 0 saturated carbocycles. The van der Waals surface area contributed by atoms with Crippen LogP contribution >= 0.6 is 11.8 Å². The number of thioether (sulfide) groups is 1. The molecule has 0 bridgehead atoms. The van der Waals surface area contributed by atoms with E-state index in [1.807, 2.05) is 33.8 Å². The zero-order valence-electron chi connectivity index (χ0n) is 17.7. The average molecular weight is 432 g/mol. The van der Waals surface area contributed by atoms with Crippen molar-refractivity contribution in [1.29, 1.82) is 0 Å². The maximum Gasteiger partial charge on any atom is 0.339 e. The first kappa shape index (κ1) is 22.0. The van der Waals surface area contributed by atoms with Gasteiger partial charge in [0.15, 0.2) is 0 Å². The van der Waals surface area contributed by atoms with Gasteiger partial charge in [-0.1, -0.05) is 0 Å². The SMILES string of the molecule is CSC[C@@H](NC(=O)CCc1c(C)c2cc3c(C)c(C)oc3c(C)c2oc1=O)C(=O)O. The maximum absolute atomic E-state index is 12.6. The highest BCUT2D eigenvalue weighted by Gasteiger charge is 2.21. The van der Waals surface area contributed by atoms with Gasteiger partial charge in [-0.3, -0.25) is 4.79 Å². The molecule has 7 nitrogen and oxygen atoms in total. The van der Waals surface area contributed by atoms with Gasteiger partial charge in [0, 0.05) is 34.1 Å². The largest absolute Gasteiger partial charge is 0.480 e. The third kappa shape index (κ3) is 3.96. The zero-order chi connectivity index (χ0) is 22.2. The van der Waals surface area contributed by atoms with Crippen molar-refractivity contribution in [2.24, 2.45) is 0 Å². The molecule has 0 unspecified atom stereocenters. The summed E-state index contributed by atoms with van der Waals surface area (Å²) in [6, 6.07) is 1.01. The lowest BCUT2D eigenvalue weighted by atomic mass is 9.98. The minimum atomic E-state index is -1.08. The van der Waals surface area contributed by atoms with E-state index in [9.17, 15) is 19.5 Å². The third-order valence-electron chi connectivity index (χ3n) is 5.51. The smallest absolute Gasteiger partial charge is 0.339 e. The molecule has 0 aliphatic carbocycles. The van der Waals surface area contributed by atoms with Gasteiger partial charge in [0.25, 0.3) is 0 Å². The van der Waals surface area contributed by atoms with Crippen LogP contribution in [0.25, 0.3) is 21.9 Å². The van der Waals surface area contributed by atoms with Gasteiger partial charge in [-0.05, 0) is 57.6 Å². The van der Waals surface area contributed by atoms with E-state index in [0.717, 1.165) is 33.2 Å². The first-order chi connectivity index (χ1) is 14.1. The summed E-state index contributed by atoms with van der Waals surface area (Å²) in [4.78, 5) is 36.1. The maximum atomic E-state index is 12.6. The van der Waals surface area contributed by atoms with Crippen molar-refractivity contribution in [3.8, 4) is 0 Å². The van der Waals surface area contributed by atoms with Crippen molar-refractivity contribution in [3.05, 3.63) is 44.5 Å². The summed E-state index contributed by atoms with van der Waals surface area (Å²) < 4.78 is 11.4. The molecule has 2 N–H and O–H groups in total. The molecule has 0 fully saturated rings. The molecule has 0 radical (unpaired) electrons. The standard InChI is InChI=1S/C22H25NO6S/c1-10-13(4)28-19-12(3)20-16(8-15(10)19)11(2)14(22(27)29-20)6-7-18(24)23-17(9-30-5)21(25)26/h8,17H,6-7,9H2,1-5H3,(H,23,24)(H,25,26)/t17-/m1/s1. The van der Waals surface area contributed by atoms with E-state index in [4.69, 9.17) is 8.83 Å². The molecule has 2 aromatic heterocycles. The second-order valence-electron chi connectivity index (χ2n) is 7.44. The van der Waals surface area contributed by atoms with Crippen molar-refractivity contribution < 1.29 is 23.5 Å². The molecule has 0 spiro atoms. The van der Waals surface area contributed by atoms with Gasteiger partial charge in [-0.25, -0.2) is 9.59 Å². The summed E-state index contributed by atoms with van der Waals surface area (Å²) in [5.41, 5.74) is 3.69. The van der Waals surface area contributed by atoms with Gasteiger partial charge < -0.3 is 19.3 Å². The molecule has 1 aromatic carbocycles. The van der Waals surface area contributed by atoms with E-state index in [2.05, 4.69) is 5.32 Å². The van der Waals surface area contributed by atoms with Crippen LogP contribution in [-0.2, 0) is 16.0 Å². The van der Waals surface area contributed by atoms with E-state index in [0.29, 0.717) is 16.7 Å². The second-order valence-corrected chi connectivity index (χ2v) is 8.36. The minimum Gasteiger partial charge on any atom is -0.480 e. The molecule has 0 saturated heterocycles. The number of rotatable bonds is 7. The Morgan fingerprint density at radius 3 is 2.33 bits per heavy atom. The lowest BCUT2D eigenvalue weighted by Gasteiger charge is -2.14. The van der Waals surface area contributed by atoms with E-state index >= 15 is 0 Å². The van der Waals surface area contributed by atoms with Crippen LogP contribution in [-0.4, -0.2) is 35.0 Å².